The summed E-state index contributed by atoms with van der Waals surface area (Å²) in [6.45, 7) is 8.20. The Kier molecular flexibility index (Phi) is 3.79. The van der Waals surface area contributed by atoms with Gasteiger partial charge in [0.05, 0.1) is 0 Å². The van der Waals surface area contributed by atoms with Crippen LogP contribution in [0.15, 0.2) is 30.3 Å². The molecule has 2 rings (SSSR count). The van der Waals surface area contributed by atoms with Crippen LogP contribution in [-0.4, -0.2) is 15.6 Å². The van der Waals surface area contributed by atoms with Crippen molar-refractivity contribution in [2.45, 2.75) is 27.7 Å². The zero-order chi connectivity index (χ0) is 14.9. The Morgan fingerprint density at radius 3 is 2.50 bits per heavy atom. The van der Waals surface area contributed by atoms with E-state index in [9.17, 15) is 4.79 Å². The van der Waals surface area contributed by atoms with E-state index in [2.05, 4.69) is 36.6 Å². The Morgan fingerprint density at radius 1 is 1.15 bits per heavy atom. The normalized spacial score (nSPS) is 11.2. The SMILES string of the molecule is Cc1ccc(C)c(-n2c(C)cc(/C=C/C(=O)O)c2C)c1. The predicted octanol–water partition coefficient (Wildman–Crippen LogP) is 3.81. The summed E-state index contributed by atoms with van der Waals surface area (Å²) in [6, 6.07) is 8.37. The minimum Gasteiger partial charge on any atom is -0.478 e. The average molecular weight is 269 g/mol. The summed E-state index contributed by atoms with van der Waals surface area (Å²) >= 11 is 0. The molecule has 0 amide bonds. The van der Waals surface area contributed by atoms with E-state index in [1.165, 1.54) is 17.2 Å². The maximum atomic E-state index is 10.7. The highest BCUT2D eigenvalue weighted by Crippen LogP contribution is 2.24. The Bertz CT molecular complexity index is 693. The molecule has 1 aromatic carbocycles. The first-order chi connectivity index (χ1) is 9.40. The molecule has 3 heteroatoms. The van der Waals surface area contributed by atoms with Gasteiger partial charge in [-0.15, -0.1) is 0 Å². The van der Waals surface area contributed by atoms with Gasteiger partial charge in [-0.05, 0) is 62.6 Å². The molecule has 104 valence electrons. The molecule has 0 radical (unpaired) electrons. The van der Waals surface area contributed by atoms with E-state index < -0.39 is 5.97 Å². The lowest BCUT2D eigenvalue weighted by Gasteiger charge is -2.13. The maximum Gasteiger partial charge on any atom is 0.328 e. The Morgan fingerprint density at radius 2 is 1.85 bits per heavy atom. The van der Waals surface area contributed by atoms with E-state index in [0.29, 0.717) is 0 Å². The van der Waals surface area contributed by atoms with Gasteiger partial charge in [-0.1, -0.05) is 12.1 Å². The number of aryl methyl sites for hydroxylation is 3. The fourth-order valence-corrected chi connectivity index (χ4v) is 2.45. The fraction of sp³-hybridized carbons (Fsp3) is 0.235. The summed E-state index contributed by atoms with van der Waals surface area (Å²) in [5.74, 6) is -0.929. The van der Waals surface area contributed by atoms with Gasteiger partial charge in [-0.25, -0.2) is 4.79 Å². The van der Waals surface area contributed by atoms with Crippen LogP contribution in [0.5, 0.6) is 0 Å². The number of benzene rings is 1. The second-order valence-corrected chi connectivity index (χ2v) is 5.12. The minimum atomic E-state index is -0.929. The second kappa shape index (κ2) is 5.37. The third-order valence-corrected chi connectivity index (χ3v) is 3.48. The lowest BCUT2D eigenvalue weighted by molar-refractivity contribution is -0.131. The smallest absolute Gasteiger partial charge is 0.328 e. The second-order valence-electron chi connectivity index (χ2n) is 5.12. The molecule has 0 aliphatic carbocycles. The van der Waals surface area contributed by atoms with E-state index >= 15 is 0 Å². The van der Waals surface area contributed by atoms with Gasteiger partial charge in [0.1, 0.15) is 0 Å². The molecule has 1 heterocycles. The largest absolute Gasteiger partial charge is 0.478 e. The van der Waals surface area contributed by atoms with Crippen LogP contribution >= 0.6 is 0 Å². The molecule has 0 fully saturated rings. The summed E-state index contributed by atoms with van der Waals surface area (Å²) < 4.78 is 2.17. The van der Waals surface area contributed by atoms with Crippen LogP contribution in [-0.2, 0) is 4.79 Å². The molecule has 20 heavy (non-hydrogen) atoms. The van der Waals surface area contributed by atoms with E-state index in [4.69, 9.17) is 5.11 Å². The minimum absolute atomic E-state index is 0.929. The zero-order valence-electron chi connectivity index (χ0n) is 12.3. The van der Waals surface area contributed by atoms with Crippen LogP contribution in [0.1, 0.15) is 28.1 Å². The lowest BCUT2D eigenvalue weighted by Crippen LogP contribution is -2.02. The summed E-state index contributed by atoms with van der Waals surface area (Å²) in [5.41, 5.74) is 6.64. The highest BCUT2D eigenvalue weighted by molar-refractivity contribution is 5.85. The van der Waals surface area contributed by atoms with Gasteiger partial charge in [-0.3, -0.25) is 0 Å². The molecule has 0 saturated carbocycles. The van der Waals surface area contributed by atoms with Crippen LogP contribution in [0.2, 0.25) is 0 Å². The van der Waals surface area contributed by atoms with Crippen molar-refractivity contribution in [2.75, 3.05) is 0 Å². The predicted molar refractivity (Wildman–Crippen MR) is 81.4 cm³/mol. The molecular formula is C17H19NO2. The fourth-order valence-electron chi connectivity index (χ4n) is 2.45. The molecule has 1 N–H and O–H groups in total. The number of carboxylic acids is 1. The summed E-state index contributed by atoms with van der Waals surface area (Å²) in [6.07, 6.45) is 2.82. The van der Waals surface area contributed by atoms with Crippen molar-refractivity contribution in [1.82, 2.24) is 4.57 Å². The number of nitrogens with zero attached hydrogens (tertiary/aromatic N) is 1. The number of carboxylic acid groups (broad SMARTS) is 1. The number of rotatable bonds is 3. The van der Waals surface area contributed by atoms with Crippen LogP contribution < -0.4 is 0 Å². The Labute approximate surface area is 119 Å². The highest BCUT2D eigenvalue weighted by Gasteiger charge is 2.11. The van der Waals surface area contributed by atoms with Crippen molar-refractivity contribution in [3.05, 3.63) is 58.4 Å². The van der Waals surface area contributed by atoms with Crippen molar-refractivity contribution < 1.29 is 9.90 Å². The van der Waals surface area contributed by atoms with Gasteiger partial charge in [0.2, 0.25) is 0 Å². The monoisotopic (exact) mass is 269 g/mol. The van der Waals surface area contributed by atoms with Gasteiger partial charge in [0.15, 0.2) is 0 Å². The maximum absolute atomic E-state index is 10.7. The molecule has 3 nitrogen and oxygen atoms in total. The molecule has 0 atom stereocenters. The molecule has 0 spiro atoms. The molecule has 2 aromatic rings. The lowest BCUT2D eigenvalue weighted by atomic mass is 10.1. The van der Waals surface area contributed by atoms with Crippen molar-refractivity contribution in [3.63, 3.8) is 0 Å². The van der Waals surface area contributed by atoms with Gasteiger partial charge in [-0.2, -0.15) is 0 Å². The van der Waals surface area contributed by atoms with Gasteiger partial charge in [0, 0.05) is 23.2 Å². The third-order valence-electron chi connectivity index (χ3n) is 3.48. The number of aliphatic carboxylic acids is 1. The number of carbonyl (C=O) groups is 1. The first kappa shape index (κ1) is 14.1. The van der Waals surface area contributed by atoms with Crippen molar-refractivity contribution >= 4 is 12.0 Å². The van der Waals surface area contributed by atoms with Gasteiger partial charge >= 0.3 is 5.97 Å². The first-order valence-corrected chi connectivity index (χ1v) is 6.57. The third kappa shape index (κ3) is 2.67. The summed E-state index contributed by atoms with van der Waals surface area (Å²) in [4.78, 5) is 10.7. The van der Waals surface area contributed by atoms with Crippen LogP contribution in [0.25, 0.3) is 11.8 Å². The molecule has 0 bridgehead atoms. The molecule has 0 aliphatic heterocycles. The Hall–Kier alpha value is -2.29. The van der Waals surface area contributed by atoms with Crippen molar-refractivity contribution in [1.29, 1.82) is 0 Å². The molecule has 0 aliphatic rings. The van der Waals surface area contributed by atoms with Crippen molar-refractivity contribution in [2.24, 2.45) is 0 Å². The molecule has 1 aromatic heterocycles. The standard InChI is InChI=1S/C17H19NO2/c1-11-5-6-12(2)16(9-11)18-13(3)10-15(14(18)4)7-8-17(19)20/h5-10H,1-4H3,(H,19,20)/b8-7+. The summed E-state index contributed by atoms with van der Waals surface area (Å²) in [7, 11) is 0. The van der Waals surface area contributed by atoms with Crippen LogP contribution in [0.3, 0.4) is 0 Å². The summed E-state index contributed by atoms with van der Waals surface area (Å²) in [5, 5.41) is 8.75. The van der Waals surface area contributed by atoms with E-state index in [1.54, 1.807) is 6.08 Å². The quantitative estimate of drug-likeness (QED) is 0.861. The van der Waals surface area contributed by atoms with Gasteiger partial charge in [0.25, 0.3) is 0 Å². The average Bonchev–Trinajstić information content (AvgIpc) is 2.65. The highest BCUT2D eigenvalue weighted by atomic mass is 16.4. The van der Waals surface area contributed by atoms with E-state index in [1.807, 2.05) is 19.9 Å². The van der Waals surface area contributed by atoms with Crippen LogP contribution in [0, 0.1) is 27.7 Å². The molecule has 0 saturated heterocycles. The molecule has 0 unspecified atom stereocenters. The number of hydrogen-bond donors (Lipinski definition) is 1. The zero-order valence-corrected chi connectivity index (χ0v) is 12.3. The van der Waals surface area contributed by atoms with E-state index in [0.717, 1.165) is 22.6 Å². The molecular weight excluding hydrogens is 250 g/mol. The number of aromatic nitrogens is 1. The van der Waals surface area contributed by atoms with E-state index in [-0.39, 0.29) is 0 Å². The first-order valence-electron chi connectivity index (χ1n) is 6.57. The number of hydrogen-bond acceptors (Lipinski definition) is 1. The van der Waals surface area contributed by atoms with Gasteiger partial charge < -0.3 is 9.67 Å². The topological polar surface area (TPSA) is 42.2 Å². The van der Waals surface area contributed by atoms with Crippen LogP contribution in [0.4, 0.5) is 0 Å². The Balaban J connectivity index is 2.58. The van der Waals surface area contributed by atoms with Crippen molar-refractivity contribution in [3.8, 4) is 5.69 Å².